The predicted molar refractivity (Wildman–Crippen MR) is 52.8 cm³/mol. The molecule has 1 N–H and O–H groups in total. The van der Waals surface area contributed by atoms with E-state index < -0.39 is 0 Å². The van der Waals surface area contributed by atoms with Crippen molar-refractivity contribution in [3.63, 3.8) is 0 Å². The Bertz CT molecular complexity index is 444. The van der Waals surface area contributed by atoms with Gasteiger partial charge in [0, 0.05) is 19.8 Å². The Hall–Kier alpha value is -1.58. The van der Waals surface area contributed by atoms with E-state index in [9.17, 15) is 0 Å². The predicted octanol–water partition coefficient (Wildman–Crippen LogP) is 1.32. The molecular formula is C9H12N4. The maximum Gasteiger partial charge on any atom is 0.154 e. The van der Waals surface area contributed by atoms with E-state index in [1.807, 2.05) is 31.7 Å². The lowest BCUT2D eigenvalue weighted by Crippen LogP contribution is -1.96. The molecule has 2 heterocycles. The van der Waals surface area contributed by atoms with Crippen LogP contribution >= 0.6 is 0 Å². The maximum absolute atomic E-state index is 4.35. The van der Waals surface area contributed by atoms with E-state index in [1.54, 1.807) is 6.33 Å². The van der Waals surface area contributed by atoms with Crippen LogP contribution in [0.4, 0.5) is 5.82 Å². The van der Waals surface area contributed by atoms with Gasteiger partial charge in [0.15, 0.2) is 5.82 Å². The number of rotatable bonds is 1. The number of aromatic nitrogens is 3. The highest BCUT2D eigenvalue weighted by Crippen LogP contribution is 2.19. The van der Waals surface area contributed by atoms with Crippen molar-refractivity contribution >= 4 is 16.9 Å². The van der Waals surface area contributed by atoms with Crippen molar-refractivity contribution in [1.82, 2.24) is 14.5 Å². The zero-order valence-electron chi connectivity index (χ0n) is 8.00. The fraction of sp³-hybridized carbons (Fsp3) is 0.333. The molecular weight excluding hydrogens is 164 g/mol. The van der Waals surface area contributed by atoms with E-state index in [2.05, 4.69) is 15.3 Å². The van der Waals surface area contributed by atoms with Crippen LogP contribution in [0, 0.1) is 6.92 Å². The summed E-state index contributed by atoms with van der Waals surface area (Å²) in [6.07, 6.45) is 1.80. The second-order valence-corrected chi connectivity index (χ2v) is 3.09. The smallest absolute Gasteiger partial charge is 0.154 e. The molecule has 68 valence electrons. The fourth-order valence-corrected chi connectivity index (χ4v) is 1.43. The highest BCUT2D eigenvalue weighted by Gasteiger charge is 2.06. The summed E-state index contributed by atoms with van der Waals surface area (Å²) in [6.45, 7) is 1.98. The van der Waals surface area contributed by atoms with Gasteiger partial charge in [-0.3, -0.25) is 0 Å². The molecule has 0 amide bonds. The maximum atomic E-state index is 4.35. The second-order valence-electron chi connectivity index (χ2n) is 3.09. The number of fused-ring (bicyclic) bond motifs is 1. The van der Waals surface area contributed by atoms with Crippen LogP contribution in [0.15, 0.2) is 12.4 Å². The lowest BCUT2D eigenvalue weighted by molar-refractivity contribution is 0.946. The van der Waals surface area contributed by atoms with Crippen molar-refractivity contribution in [2.24, 2.45) is 7.05 Å². The molecule has 0 radical (unpaired) electrons. The third-order valence-electron chi connectivity index (χ3n) is 2.08. The number of nitrogens with zero attached hydrogens (tertiary/aromatic N) is 3. The van der Waals surface area contributed by atoms with Gasteiger partial charge < -0.3 is 9.88 Å². The van der Waals surface area contributed by atoms with Gasteiger partial charge in [-0.15, -0.1) is 0 Å². The molecule has 0 atom stereocenters. The molecule has 0 saturated heterocycles. The summed E-state index contributed by atoms with van der Waals surface area (Å²) >= 11 is 0. The minimum Gasteiger partial charge on any atom is -0.371 e. The van der Waals surface area contributed by atoms with Crippen LogP contribution in [-0.4, -0.2) is 21.6 Å². The van der Waals surface area contributed by atoms with Crippen molar-refractivity contribution < 1.29 is 0 Å². The number of hydrogen-bond donors (Lipinski definition) is 1. The van der Waals surface area contributed by atoms with Crippen LogP contribution in [0.25, 0.3) is 11.0 Å². The molecule has 0 aliphatic carbocycles. The molecule has 0 spiro atoms. The molecule has 2 aromatic heterocycles. The topological polar surface area (TPSA) is 42.7 Å². The van der Waals surface area contributed by atoms with Gasteiger partial charge in [-0.05, 0) is 13.0 Å². The lowest BCUT2D eigenvalue weighted by atomic mass is 10.3. The molecule has 13 heavy (non-hydrogen) atoms. The van der Waals surface area contributed by atoms with E-state index in [0.717, 1.165) is 22.5 Å². The Morgan fingerprint density at radius 2 is 2.23 bits per heavy atom. The summed E-state index contributed by atoms with van der Waals surface area (Å²) in [5.74, 6) is 0.843. The van der Waals surface area contributed by atoms with Crippen molar-refractivity contribution in [3.8, 4) is 0 Å². The van der Waals surface area contributed by atoms with Gasteiger partial charge in [-0.25, -0.2) is 9.97 Å². The van der Waals surface area contributed by atoms with Crippen LogP contribution in [0.5, 0.6) is 0 Å². The molecule has 0 fully saturated rings. The normalized spacial score (nSPS) is 10.7. The molecule has 4 heteroatoms. The Labute approximate surface area is 76.6 Å². The Kier molecular flexibility index (Phi) is 1.69. The van der Waals surface area contributed by atoms with Gasteiger partial charge in [0.1, 0.15) is 5.52 Å². The molecule has 4 nitrogen and oxygen atoms in total. The highest BCUT2D eigenvalue weighted by atomic mass is 15.1. The van der Waals surface area contributed by atoms with Crippen LogP contribution in [0.3, 0.4) is 0 Å². The van der Waals surface area contributed by atoms with Crippen LogP contribution in [-0.2, 0) is 7.05 Å². The number of hydrogen-bond acceptors (Lipinski definition) is 3. The molecule has 0 saturated carbocycles. The van der Waals surface area contributed by atoms with E-state index in [4.69, 9.17) is 0 Å². The molecule has 0 aromatic carbocycles. The minimum absolute atomic E-state index is 0.843. The number of pyridine rings is 1. The number of imidazole rings is 1. The summed E-state index contributed by atoms with van der Waals surface area (Å²) in [5, 5.41) is 3.04. The Balaban J connectivity index is 2.84. The molecule has 0 unspecified atom stereocenters. The van der Waals surface area contributed by atoms with Gasteiger partial charge in [0.25, 0.3) is 0 Å². The SMILES string of the molecule is CNc1nc(C)cc2c1ncn2C. The largest absolute Gasteiger partial charge is 0.371 e. The van der Waals surface area contributed by atoms with E-state index in [-0.39, 0.29) is 0 Å². The number of aryl methyl sites for hydroxylation is 2. The summed E-state index contributed by atoms with van der Waals surface area (Å²) in [6, 6.07) is 2.03. The van der Waals surface area contributed by atoms with Crippen molar-refractivity contribution in [2.75, 3.05) is 12.4 Å². The molecule has 2 rings (SSSR count). The standard InChI is InChI=1S/C9H12N4/c1-6-4-7-8(9(10-2)12-6)11-5-13(7)3/h4-5H,1-3H3,(H,10,12). The van der Waals surface area contributed by atoms with E-state index in [0.29, 0.717) is 0 Å². The minimum atomic E-state index is 0.843. The monoisotopic (exact) mass is 176 g/mol. The zero-order valence-corrected chi connectivity index (χ0v) is 8.00. The molecule has 0 bridgehead atoms. The lowest BCUT2D eigenvalue weighted by Gasteiger charge is -2.02. The van der Waals surface area contributed by atoms with Crippen LogP contribution in [0.2, 0.25) is 0 Å². The quantitative estimate of drug-likeness (QED) is 0.712. The first-order valence-electron chi connectivity index (χ1n) is 4.19. The van der Waals surface area contributed by atoms with Gasteiger partial charge in [0.05, 0.1) is 11.8 Å². The third kappa shape index (κ3) is 1.14. The Morgan fingerprint density at radius 1 is 1.46 bits per heavy atom. The van der Waals surface area contributed by atoms with Gasteiger partial charge in [-0.2, -0.15) is 0 Å². The molecule has 2 aromatic rings. The molecule has 0 aliphatic rings. The summed E-state index contributed by atoms with van der Waals surface area (Å²) in [5.41, 5.74) is 3.04. The summed E-state index contributed by atoms with van der Waals surface area (Å²) in [4.78, 5) is 8.61. The van der Waals surface area contributed by atoms with E-state index >= 15 is 0 Å². The number of anilines is 1. The second kappa shape index (κ2) is 2.73. The van der Waals surface area contributed by atoms with Crippen molar-refractivity contribution in [1.29, 1.82) is 0 Å². The van der Waals surface area contributed by atoms with Gasteiger partial charge in [-0.1, -0.05) is 0 Å². The first-order chi connectivity index (χ1) is 6.22. The van der Waals surface area contributed by atoms with Gasteiger partial charge >= 0.3 is 0 Å². The van der Waals surface area contributed by atoms with Crippen molar-refractivity contribution in [2.45, 2.75) is 6.92 Å². The first kappa shape index (κ1) is 8.04. The van der Waals surface area contributed by atoms with Crippen molar-refractivity contribution in [3.05, 3.63) is 18.1 Å². The average Bonchev–Trinajstić information content (AvgIpc) is 2.47. The van der Waals surface area contributed by atoms with Crippen LogP contribution < -0.4 is 5.32 Å². The fourth-order valence-electron chi connectivity index (χ4n) is 1.43. The zero-order chi connectivity index (χ0) is 9.42. The highest BCUT2D eigenvalue weighted by molar-refractivity contribution is 5.86. The number of nitrogens with one attached hydrogen (secondary N) is 1. The summed E-state index contributed by atoms with van der Waals surface area (Å²) < 4.78 is 1.99. The average molecular weight is 176 g/mol. The summed E-state index contributed by atoms with van der Waals surface area (Å²) in [7, 11) is 3.84. The van der Waals surface area contributed by atoms with Crippen LogP contribution in [0.1, 0.15) is 5.69 Å². The van der Waals surface area contributed by atoms with E-state index in [1.165, 1.54) is 0 Å². The third-order valence-corrected chi connectivity index (χ3v) is 2.08. The Morgan fingerprint density at radius 3 is 2.92 bits per heavy atom. The van der Waals surface area contributed by atoms with Gasteiger partial charge in [0.2, 0.25) is 0 Å². The first-order valence-corrected chi connectivity index (χ1v) is 4.19. The molecule has 0 aliphatic heterocycles.